The van der Waals surface area contributed by atoms with Gasteiger partial charge in [0.15, 0.2) is 5.15 Å². The third-order valence-electron chi connectivity index (χ3n) is 3.19. The van der Waals surface area contributed by atoms with Gasteiger partial charge in [0.2, 0.25) is 5.88 Å². The maximum Gasteiger partial charge on any atom is 0.227 e. The molecule has 0 N–H and O–H groups in total. The Kier molecular flexibility index (Phi) is 4.00. The number of rotatable bonds is 3. The highest BCUT2D eigenvalue weighted by molar-refractivity contribution is 6.32. The zero-order valence-electron chi connectivity index (χ0n) is 11.9. The van der Waals surface area contributed by atoms with E-state index in [1.807, 2.05) is 0 Å². The fourth-order valence-electron chi connectivity index (χ4n) is 2.16. The first-order valence-corrected chi connectivity index (χ1v) is 6.95. The molecule has 1 heterocycles. The van der Waals surface area contributed by atoms with Crippen LogP contribution in [0.25, 0.3) is 11.1 Å². The summed E-state index contributed by atoms with van der Waals surface area (Å²) in [5.74, 6) is -1.68. The van der Waals surface area contributed by atoms with E-state index in [0.717, 1.165) is 12.1 Å². The monoisotopic (exact) mass is 338 g/mol. The number of hydrogen-bond donors (Lipinski definition) is 0. The van der Waals surface area contributed by atoms with E-state index in [-0.39, 0.29) is 27.9 Å². The average Bonchev–Trinajstić information content (AvgIpc) is 2.76. The lowest BCUT2D eigenvalue weighted by Crippen LogP contribution is -1.97. The maximum atomic E-state index is 14.1. The standard InChI is InChI=1S/C16H10ClF3N2O/c1-22-16(23-10-7-5-9(18)6-8-10)14(15(17)21-22)13-11(19)3-2-4-12(13)20/h2-8H,1H3. The number of hydrogen-bond acceptors (Lipinski definition) is 2. The topological polar surface area (TPSA) is 27.1 Å². The van der Waals surface area contributed by atoms with Crippen molar-refractivity contribution in [2.75, 3.05) is 0 Å². The quantitative estimate of drug-likeness (QED) is 0.675. The number of nitrogens with zero attached hydrogens (tertiary/aromatic N) is 2. The lowest BCUT2D eigenvalue weighted by molar-refractivity contribution is 0.430. The number of benzene rings is 2. The van der Waals surface area contributed by atoms with Crippen molar-refractivity contribution in [3.05, 3.63) is 65.1 Å². The first-order valence-electron chi connectivity index (χ1n) is 6.57. The van der Waals surface area contributed by atoms with E-state index in [0.29, 0.717) is 0 Å². The van der Waals surface area contributed by atoms with Crippen molar-refractivity contribution in [1.29, 1.82) is 0 Å². The van der Waals surface area contributed by atoms with Gasteiger partial charge in [0.1, 0.15) is 23.2 Å². The molecule has 0 bridgehead atoms. The molecular weight excluding hydrogens is 329 g/mol. The van der Waals surface area contributed by atoms with Crippen LogP contribution in [0.15, 0.2) is 42.5 Å². The normalized spacial score (nSPS) is 10.8. The van der Waals surface area contributed by atoms with Gasteiger partial charge in [-0.2, -0.15) is 5.10 Å². The fraction of sp³-hybridized carbons (Fsp3) is 0.0625. The average molecular weight is 339 g/mol. The minimum Gasteiger partial charge on any atom is -0.439 e. The lowest BCUT2D eigenvalue weighted by atomic mass is 10.1. The second-order valence-electron chi connectivity index (χ2n) is 4.75. The molecular formula is C16H10ClF3N2O. The second-order valence-corrected chi connectivity index (χ2v) is 5.11. The highest BCUT2D eigenvalue weighted by atomic mass is 35.5. The molecule has 1 aromatic heterocycles. The van der Waals surface area contributed by atoms with Crippen LogP contribution in [0.1, 0.15) is 0 Å². The predicted molar refractivity (Wildman–Crippen MR) is 80.0 cm³/mol. The minimum atomic E-state index is -0.788. The molecule has 118 valence electrons. The zero-order chi connectivity index (χ0) is 16.6. The molecule has 0 saturated carbocycles. The molecule has 0 atom stereocenters. The van der Waals surface area contributed by atoms with Crippen molar-refractivity contribution in [2.45, 2.75) is 0 Å². The first-order chi connectivity index (χ1) is 11.0. The van der Waals surface area contributed by atoms with Gasteiger partial charge in [-0.1, -0.05) is 17.7 Å². The Morgan fingerprint density at radius 1 is 0.957 bits per heavy atom. The predicted octanol–water partition coefficient (Wildman–Crippen LogP) is 4.95. The van der Waals surface area contributed by atoms with Gasteiger partial charge in [0.25, 0.3) is 0 Å². The molecule has 0 unspecified atom stereocenters. The molecule has 23 heavy (non-hydrogen) atoms. The number of aryl methyl sites for hydroxylation is 1. The van der Waals surface area contributed by atoms with Gasteiger partial charge in [-0.3, -0.25) is 0 Å². The summed E-state index contributed by atoms with van der Waals surface area (Å²) in [6, 6.07) is 8.66. The van der Waals surface area contributed by atoms with Crippen molar-refractivity contribution < 1.29 is 17.9 Å². The SMILES string of the molecule is Cn1nc(Cl)c(-c2c(F)cccc2F)c1Oc1ccc(F)cc1. The molecule has 3 nitrogen and oxygen atoms in total. The summed E-state index contributed by atoms with van der Waals surface area (Å²) in [5.41, 5.74) is -0.336. The van der Waals surface area contributed by atoms with E-state index in [4.69, 9.17) is 16.3 Å². The molecule has 0 aliphatic rings. The van der Waals surface area contributed by atoms with E-state index >= 15 is 0 Å². The molecule has 0 aliphatic heterocycles. The van der Waals surface area contributed by atoms with Gasteiger partial charge in [0.05, 0.1) is 11.1 Å². The molecule has 0 amide bonds. The van der Waals surface area contributed by atoms with E-state index in [1.165, 1.54) is 42.1 Å². The van der Waals surface area contributed by atoms with Gasteiger partial charge in [-0.15, -0.1) is 0 Å². The number of ether oxygens (including phenoxy) is 1. The molecule has 0 spiro atoms. The molecule has 3 aromatic rings. The molecule has 0 aliphatic carbocycles. The van der Waals surface area contributed by atoms with Gasteiger partial charge < -0.3 is 4.74 Å². The third kappa shape index (κ3) is 2.90. The molecule has 2 aromatic carbocycles. The van der Waals surface area contributed by atoms with Crippen molar-refractivity contribution in [2.24, 2.45) is 7.05 Å². The Labute approximate surface area is 134 Å². The highest BCUT2D eigenvalue weighted by Crippen LogP contribution is 2.40. The molecule has 0 fully saturated rings. The number of halogens is 4. The molecule has 7 heteroatoms. The van der Waals surface area contributed by atoms with Gasteiger partial charge >= 0.3 is 0 Å². The molecule has 3 rings (SSSR count). The summed E-state index contributed by atoms with van der Waals surface area (Å²) >= 11 is 6.01. The summed E-state index contributed by atoms with van der Waals surface area (Å²) in [6.07, 6.45) is 0. The van der Waals surface area contributed by atoms with E-state index in [9.17, 15) is 13.2 Å². The van der Waals surface area contributed by atoms with Gasteiger partial charge in [0, 0.05) is 7.05 Å². The Hall–Kier alpha value is -2.47. The van der Waals surface area contributed by atoms with Crippen LogP contribution in [0, 0.1) is 17.5 Å². The molecule has 0 saturated heterocycles. The van der Waals surface area contributed by atoms with Crippen molar-refractivity contribution in [3.63, 3.8) is 0 Å². The van der Waals surface area contributed by atoms with Crippen molar-refractivity contribution in [3.8, 4) is 22.8 Å². The zero-order valence-corrected chi connectivity index (χ0v) is 12.6. The number of aromatic nitrogens is 2. The Bertz CT molecular complexity index is 842. The Balaban J connectivity index is 2.13. The summed E-state index contributed by atoms with van der Waals surface area (Å²) < 4.78 is 47.9. The minimum absolute atomic E-state index is 0.00547. The maximum absolute atomic E-state index is 14.1. The third-order valence-corrected chi connectivity index (χ3v) is 3.46. The largest absolute Gasteiger partial charge is 0.439 e. The Morgan fingerprint density at radius 3 is 2.17 bits per heavy atom. The van der Waals surface area contributed by atoms with Crippen LogP contribution in [0.2, 0.25) is 5.15 Å². The van der Waals surface area contributed by atoms with Crippen LogP contribution in [-0.4, -0.2) is 9.78 Å². The van der Waals surface area contributed by atoms with Crippen molar-refractivity contribution in [1.82, 2.24) is 9.78 Å². The van der Waals surface area contributed by atoms with Crippen molar-refractivity contribution >= 4 is 11.6 Å². The smallest absolute Gasteiger partial charge is 0.227 e. The summed E-state index contributed by atoms with van der Waals surface area (Å²) in [7, 11) is 1.52. The fourth-order valence-corrected chi connectivity index (χ4v) is 2.44. The van der Waals surface area contributed by atoms with Gasteiger partial charge in [-0.05, 0) is 36.4 Å². The summed E-state index contributed by atoms with van der Waals surface area (Å²) in [4.78, 5) is 0. The van der Waals surface area contributed by atoms with Gasteiger partial charge in [-0.25, -0.2) is 17.9 Å². The first kappa shape index (κ1) is 15.4. The summed E-state index contributed by atoms with van der Waals surface area (Å²) in [5, 5.41) is 3.83. The molecule has 0 radical (unpaired) electrons. The van der Waals surface area contributed by atoms with E-state index in [2.05, 4.69) is 5.10 Å². The van der Waals surface area contributed by atoms with Crippen LogP contribution in [0.4, 0.5) is 13.2 Å². The lowest BCUT2D eigenvalue weighted by Gasteiger charge is -2.10. The van der Waals surface area contributed by atoms with Crippen LogP contribution in [-0.2, 0) is 7.05 Å². The van der Waals surface area contributed by atoms with Crippen LogP contribution in [0.5, 0.6) is 11.6 Å². The second kappa shape index (κ2) is 5.96. The van der Waals surface area contributed by atoms with E-state index < -0.39 is 17.5 Å². The van der Waals surface area contributed by atoms with E-state index in [1.54, 1.807) is 0 Å². The van der Waals surface area contributed by atoms with Crippen LogP contribution >= 0.6 is 11.6 Å². The highest BCUT2D eigenvalue weighted by Gasteiger charge is 2.24. The van der Waals surface area contributed by atoms with Crippen LogP contribution < -0.4 is 4.74 Å². The Morgan fingerprint density at radius 2 is 1.57 bits per heavy atom. The summed E-state index contributed by atoms with van der Waals surface area (Å²) in [6.45, 7) is 0. The van der Waals surface area contributed by atoms with Crippen LogP contribution in [0.3, 0.4) is 0 Å².